The smallest absolute Gasteiger partial charge is 0.338 e. The first-order valence-corrected chi connectivity index (χ1v) is 8.32. The number of hydrogen-bond donors (Lipinski definition) is 2. The zero-order valence-electron chi connectivity index (χ0n) is 11.2. The number of carboxylic acids is 1. The molecule has 1 heterocycles. The van der Waals surface area contributed by atoms with Gasteiger partial charge in [0.25, 0.3) is 0 Å². The standard InChI is InChI=1S/C15H15NO3S2/c17-13(16-14-12(15(18)19)8-10-21-14)7-4-9-20-11-5-2-1-3-6-11/h1-3,5-6,8,10H,4,7,9H2,(H,16,17)(H,18,19). The van der Waals surface area contributed by atoms with E-state index in [1.165, 1.54) is 22.3 Å². The van der Waals surface area contributed by atoms with E-state index in [4.69, 9.17) is 5.11 Å². The van der Waals surface area contributed by atoms with E-state index in [9.17, 15) is 9.59 Å². The van der Waals surface area contributed by atoms with E-state index in [-0.39, 0.29) is 11.5 Å². The third kappa shape index (κ3) is 4.91. The van der Waals surface area contributed by atoms with Crippen molar-refractivity contribution < 1.29 is 14.7 Å². The molecular formula is C15H15NO3S2. The van der Waals surface area contributed by atoms with Gasteiger partial charge in [0.05, 0.1) is 5.56 Å². The number of amides is 1. The van der Waals surface area contributed by atoms with E-state index >= 15 is 0 Å². The SMILES string of the molecule is O=C(CCCSc1ccccc1)Nc1sccc1C(=O)O. The number of anilines is 1. The van der Waals surface area contributed by atoms with Gasteiger partial charge in [0.15, 0.2) is 0 Å². The van der Waals surface area contributed by atoms with Crippen LogP contribution in [0.2, 0.25) is 0 Å². The summed E-state index contributed by atoms with van der Waals surface area (Å²) in [6.07, 6.45) is 1.13. The van der Waals surface area contributed by atoms with Gasteiger partial charge in [0, 0.05) is 11.3 Å². The van der Waals surface area contributed by atoms with Gasteiger partial charge in [-0.15, -0.1) is 23.1 Å². The summed E-state index contributed by atoms with van der Waals surface area (Å²) < 4.78 is 0. The van der Waals surface area contributed by atoms with Crippen LogP contribution >= 0.6 is 23.1 Å². The Morgan fingerprint density at radius 2 is 1.95 bits per heavy atom. The maximum Gasteiger partial charge on any atom is 0.338 e. The normalized spacial score (nSPS) is 10.3. The highest BCUT2D eigenvalue weighted by Gasteiger charge is 2.13. The molecule has 1 amide bonds. The van der Waals surface area contributed by atoms with Crippen LogP contribution in [-0.4, -0.2) is 22.7 Å². The molecule has 6 heteroatoms. The lowest BCUT2D eigenvalue weighted by molar-refractivity contribution is -0.116. The van der Waals surface area contributed by atoms with Crippen molar-refractivity contribution in [3.63, 3.8) is 0 Å². The van der Waals surface area contributed by atoms with Crippen molar-refractivity contribution in [1.82, 2.24) is 0 Å². The monoisotopic (exact) mass is 321 g/mol. The molecule has 0 fully saturated rings. The van der Waals surface area contributed by atoms with E-state index in [2.05, 4.69) is 5.32 Å². The molecule has 0 radical (unpaired) electrons. The second-order valence-corrected chi connectivity index (χ2v) is 6.37. The quantitative estimate of drug-likeness (QED) is 0.598. The van der Waals surface area contributed by atoms with Gasteiger partial charge in [-0.25, -0.2) is 4.79 Å². The third-order valence-electron chi connectivity index (χ3n) is 2.71. The van der Waals surface area contributed by atoms with Crippen molar-refractivity contribution in [2.24, 2.45) is 0 Å². The average molecular weight is 321 g/mol. The summed E-state index contributed by atoms with van der Waals surface area (Å²) in [4.78, 5) is 23.9. The lowest BCUT2D eigenvalue weighted by Crippen LogP contribution is -2.12. The van der Waals surface area contributed by atoms with E-state index in [0.29, 0.717) is 11.4 Å². The van der Waals surface area contributed by atoms with Crippen molar-refractivity contribution in [3.8, 4) is 0 Å². The number of thiophene rings is 1. The molecule has 0 unspecified atom stereocenters. The molecule has 4 nitrogen and oxygen atoms in total. The van der Waals surface area contributed by atoms with Crippen LogP contribution in [0.15, 0.2) is 46.7 Å². The van der Waals surface area contributed by atoms with Gasteiger partial charge in [-0.2, -0.15) is 0 Å². The zero-order chi connectivity index (χ0) is 15.1. The summed E-state index contributed by atoms with van der Waals surface area (Å²) in [6.45, 7) is 0. The highest BCUT2D eigenvalue weighted by molar-refractivity contribution is 7.99. The summed E-state index contributed by atoms with van der Waals surface area (Å²) in [7, 11) is 0. The predicted molar refractivity (Wildman–Crippen MR) is 86.3 cm³/mol. The molecule has 0 spiro atoms. The first kappa shape index (κ1) is 15.6. The number of nitrogens with one attached hydrogen (secondary N) is 1. The van der Waals surface area contributed by atoms with Crippen LogP contribution in [-0.2, 0) is 4.79 Å². The molecule has 0 saturated heterocycles. The minimum absolute atomic E-state index is 0.145. The topological polar surface area (TPSA) is 66.4 Å². The van der Waals surface area contributed by atoms with Crippen LogP contribution in [0.4, 0.5) is 5.00 Å². The lowest BCUT2D eigenvalue weighted by Gasteiger charge is -2.04. The highest BCUT2D eigenvalue weighted by Crippen LogP contribution is 2.24. The molecule has 0 saturated carbocycles. The van der Waals surface area contributed by atoms with Gasteiger partial charge in [-0.3, -0.25) is 4.79 Å². The molecule has 2 aromatic rings. The second kappa shape index (κ2) is 7.85. The van der Waals surface area contributed by atoms with E-state index in [1.807, 2.05) is 30.3 Å². The summed E-state index contributed by atoms with van der Waals surface area (Å²) >= 11 is 2.93. The Labute approximate surface area is 131 Å². The molecule has 21 heavy (non-hydrogen) atoms. The van der Waals surface area contributed by atoms with E-state index in [0.717, 1.165) is 12.2 Å². The number of carbonyl (C=O) groups excluding carboxylic acids is 1. The predicted octanol–water partition coefficient (Wildman–Crippen LogP) is 3.96. The maximum atomic E-state index is 11.8. The Balaban J connectivity index is 1.73. The van der Waals surface area contributed by atoms with Gasteiger partial charge in [0.1, 0.15) is 5.00 Å². The number of aromatic carboxylic acids is 1. The number of carboxylic acid groups (broad SMARTS) is 1. The minimum atomic E-state index is -1.02. The Hall–Kier alpha value is -1.79. The van der Waals surface area contributed by atoms with Gasteiger partial charge >= 0.3 is 5.97 Å². The molecule has 0 bridgehead atoms. The van der Waals surface area contributed by atoms with Crippen LogP contribution in [0.25, 0.3) is 0 Å². The summed E-state index contributed by atoms with van der Waals surface area (Å²) in [5.41, 5.74) is 0.145. The highest BCUT2D eigenvalue weighted by atomic mass is 32.2. The molecule has 2 rings (SSSR count). The minimum Gasteiger partial charge on any atom is -0.478 e. The fraction of sp³-hybridized carbons (Fsp3) is 0.200. The number of carbonyl (C=O) groups is 2. The number of benzene rings is 1. The fourth-order valence-electron chi connectivity index (χ4n) is 1.70. The molecule has 110 valence electrons. The molecule has 1 aromatic carbocycles. The van der Waals surface area contributed by atoms with Crippen molar-refractivity contribution in [1.29, 1.82) is 0 Å². The van der Waals surface area contributed by atoms with Gasteiger partial charge < -0.3 is 10.4 Å². The summed E-state index contributed by atoms with van der Waals surface area (Å²) in [6, 6.07) is 11.5. The molecule has 1 aromatic heterocycles. The van der Waals surface area contributed by atoms with Crippen molar-refractivity contribution in [2.45, 2.75) is 17.7 Å². The zero-order valence-corrected chi connectivity index (χ0v) is 12.9. The number of thioether (sulfide) groups is 1. The second-order valence-electron chi connectivity index (χ2n) is 4.28. The third-order valence-corrected chi connectivity index (χ3v) is 4.64. The van der Waals surface area contributed by atoms with Crippen molar-refractivity contribution in [2.75, 3.05) is 11.1 Å². The Morgan fingerprint density at radius 3 is 2.67 bits per heavy atom. The van der Waals surface area contributed by atoms with Crippen LogP contribution in [0, 0.1) is 0 Å². The Bertz CT molecular complexity index is 610. The van der Waals surface area contributed by atoms with E-state index in [1.54, 1.807) is 17.1 Å². The molecule has 0 aliphatic rings. The van der Waals surface area contributed by atoms with Gasteiger partial charge in [-0.05, 0) is 35.8 Å². The Morgan fingerprint density at radius 1 is 1.19 bits per heavy atom. The van der Waals surface area contributed by atoms with Crippen LogP contribution in [0.1, 0.15) is 23.2 Å². The fourth-order valence-corrected chi connectivity index (χ4v) is 3.37. The summed E-state index contributed by atoms with van der Waals surface area (Å²) in [5.74, 6) is -0.312. The molecule has 2 N–H and O–H groups in total. The molecule has 0 aliphatic heterocycles. The van der Waals surface area contributed by atoms with Crippen LogP contribution < -0.4 is 5.32 Å². The molecule has 0 atom stereocenters. The molecule has 0 aliphatic carbocycles. The van der Waals surface area contributed by atoms with Crippen molar-refractivity contribution >= 4 is 40.0 Å². The van der Waals surface area contributed by atoms with Gasteiger partial charge in [-0.1, -0.05) is 18.2 Å². The van der Waals surface area contributed by atoms with Crippen LogP contribution in [0.3, 0.4) is 0 Å². The van der Waals surface area contributed by atoms with E-state index < -0.39 is 5.97 Å². The number of hydrogen-bond acceptors (Lipinski definition) is 4. The summed E-state index contributed by atoms with van der Waals surface area (Å²) in [5, 5.41) is 13.7. The van der Waals surface area contributed by atoms with Crippen molar-refractivity contribution in [3.05, 3.63) is 47.3 Å². The maximum absolute atomic E-state index is 11.8. The average Bonchev–Trinajstić information content (AvgIpc) is 2.93. The Kier molecular flexibility index (Phi) is 5.83. The number of rotatable bonds is 7. The lowest BCUT2D eigenvalue weighted by atomic mass is 10.3. The largest absolute Gasteiger partial charge is 0.478 e. The van der Waals surface area contributed by atoms with Crippen LogP contribution in [0.5, 0.6) is 0 Å². The first-order valence-electron chi connectivity index (χ1n) is 6.45. The van der Waals surface area contributed by atoms with Gasteiger partial charge in [0.2, 0.25) is 5.91 Å². The first-order chi connectivity index (χ1) is 10.2. The molecular weight excluding hydrogens is 306 g/mol.